The summed E-state index contributed by atoms with van der Waals surface area (Å²) in [7, 11) is 0. The van der Waals surface area contributed by atoms with Gasteiger partial charge in [0.1, 0.15) is 0 Å². The van der Waals surface area contributed by atoms with Gasteiger partial charge in [0.15, 0.2) is 0 Å². The zero-order chi connectivity index (χ0) is 20.7. The normalized spacial score (nSPS) is 10.3. The molecule has 7 heteroatoms. The molecule has 0 aliphatic carbocycles. The summed E-state index contributed by atoms with van der Waals surface area (Å²) < 4.78 is 0. The number of amides is 3. The minimum absolute atomic E-state index is 0.127. The lowest BCUT2D eigenvalue weighted by Gasteiger charge is -2.19. The van der Waals surface area contributed by atoms with Crippen molar-refractivity contribution in [2.75, 3.05) is 23.7 Å². The van der Waals surface area contributed by atoms with Crippen molar-refractivity contribution in [3.8, 4) is 0 Å². The molecule has 0 fully saturated rings. The molecule has 0 aromatic heterocycles. The van der Waals surface area contributed by atoms with Crippen LogP contribution in [-0.2, 0) is 4.79 Å². The highest BCUT2D eigenvalue weighted by Gasteiger charge is 2.17. The quantitative estimate of drug-likeness (QED) is 0.720. The number of hydrogen-bond donors (Lipinski definition) is 2. The zero-order valence-electron chi connectivity index (χ0n) is 16.2. The number of hydrogen-bond acceptors (Lipinski definition) is 3. The van der Waals surface area contributed by atoms with Gasteiger partial charge in [-0.05, 0) is 50.2 Å². The van der Waals surface area contributed by atoms with Crippen LogP contribution >= 0.6 is 11.6 Å². The van der Waals surface area contributed by atoms with E-state index in [9.17, 15) is 14.4 Å². The van der Waals surface area contributed by atoms with Gasteiger partial charge in [-0.3, -0.25) is 14.4 Å². The standard InChI is InChI=1S/C21H24ClN3O3/c1-4-19(26)23-15-9-7-8-14(12-15)20(27)24-16-10-11-17(18(22)13-16)21(28)25(5-2)6-3/h7-13H,4-6H2,1-3H3,(H,23,26)(H,24,27). The average Bonchev–Trinajstić information content (AvgIpc) is 2.69. The Morgan fingerprint density at radius 3 is 2.21 bits per heavy atom. The zero-order valence-corrected chi connectivity index (χ0v) is 17.0. The van der Waals surface area contributed by atoms with Crippen LogP contribution in [0.1, 0.15) is 47.9 Å². The van der Waals surface area contributed by atoms with Gasteiger partial charge in [0, 0.05) is 36.4 Å². The number of anilines is 2. The second kappa shape index (κ2) is 9.90. The Labute approximate surface area is 169 Å². The highest BCUT2D eigenvalue weighted by Crippen LogP contribution is 2.23. The van der Waals surface area contributed by atoms with Crippen molar-refractivity contribution in [3.63, 3.8) is 0 Å². The number of halogens is 1. The van der Waals surface area contributed by atoms with E-state index in [1.165, 1.54) is 0 Å². The first-order chi connectivity index (χ1) is 13.4. The highest BCUT2D eigenvalue weighted by molar-refractivity contribution is 6.34. The van der Waals surface area contributed by atoms with Gasteiger partial charge in [-0.15, -0.1) is 0 Å². The van der Waals surface area contributed by atoms with Crippen molar-refractivity contribution in [3.05, 3.63) is 58.6 Å². The third-order valence-electron chi connectivity index (χ3n) is 4.24. The summed E-state index contributed by atoms with van der Waals surface area (Å²) in [5.74, 6) is -0.614. The third-order valence-corrected chi connectivity index (χ3v) is 4.55. The number of nitrogens with zero attached hydrogens (tertiary/aromatic N) is 1. The van der Waals surface area contributed by atoms with E-state index >= 15 is 0 Å². The van der Waals surface area contributed by atoms with Crippen LogP contribution < -0.4 is 10.6 Å². The van der Waals surface area contributed by atoms with E-state index in [4.69, 9.17) is 11.6 Å². The maximum atomic E-state index is 12.5. The molecular formula is C21H24ClN3O3. The molecule has 2 aromatic rings. The highest BCUT2D eigenvalue weighted by atomic mass is 35.5. The second-order valence-electron chi connectivity index (χ2n) is 6.11. The largest absolute Gasteiger partial charge is 0.339 e. The molecule has 0 unspecified atom stereocenters. The van der Waals surface area contributed by atoms with Crippen LogP contribution in [0, 0.1) is 0 Å². The van der Waals surface area contributed by atoms with Crippen molar-refractivity contribution >= 4 is 40.7 Å². The lowest BCUT2D eigenvalue weighted by molar-refractivity contribution is -0.115. The predicted molar refractivity (Wildman–Crippen MR) is 112 cm³/mol. The summed E-state index contributed by atoms with van der Waals surface area (Å²) in [4.78, 5) is 38.2. The molecule has 0 aliphatic heterocycles. The molecule has 0 saturated heterocycles. The predicted octanol–water partition coefficient (Wildman–Crippen LogP) is 4.42. The van der Waals surface area contributed by atoms with Crippen molar-refractivity contribution < 1.29 is 14.4 Å². The number of benzene rings is 2. The van der Waals surface area contributed by atoms with Gasteiger partial charge in [-0.1, -0.05) is 24.6 Å². The minimum Gasteiger partial charge on any atom is -0.339 e. The molecule has 148 valence electrons. The lowest BCUT2D eigenvalue weighted by Crippen LogP contribution is -2.30. The molecule has 2 aromatic carbocycles. The monoisotopic (exact) mass is 401 g/mol. The summed E-state index contributed by atoms with van der Waals surface area (Å²) in [6, 6.07) is 11.5. The van der Waals surface area contributed by atoms with E-state index in [1.54, 1.807) is 54.3 Å². The second-order valence-corrected chi connectivity index (χ2v) is 6.52. The van der Waals surface area contributed by atoms with Gasteiger partial charge in [0.25, 0.3) is 11.8 Å². The van der Waals surface area contributed by atoms with Crippen LogP contribution in [0.15, 0.2) is 42.5 Å². The van der Waals surface area contributed by atoms with Gasteiger partial charge >= 0.3 is 0 Å². The Bertz CT molecular complexity index is 879. The van der Waals surface area contributed by atoms with Crippen LogP contribution in [-0.4, -0.2) is 35.7 Å². The van der Waals surface area contributed by atoms with Gasteiger partial charge in [-0.25, -0.2) is 0 Å². The van der Waals surface area contributed by atoms with E-state index in [-0.39, 0.29) is 22.7 Å². The van der Waals surface area contributed by atoms with Crippen molar-refractivity contribution in [1.29, 1.82) is 0 Å². The summed E-state index contributed by atoms with van der Waals surface area (Å²) >= 11 is 6.26. The number of carbonyl (C=O) groups excluding carboxylic acids is 3. The van der Waals surface area contributed by atoms with Crippen LogP contribution in [0.5, 0.6) is 0 Å². The first kappa shape index (κ1) is 21.4. The molecule has 3 amide bonds. The first-order valence-electron chi connectivity index (χ1n) is 9.19. The van der Waals surface area contributed by atoms with Crippen LogP contribution in [0.25, 0.3) is 0 Å². The van der Waals surface area contributed by atoms with Gasteiger partial charge < -0.3 is 15.5 Å². The van der Waals surface area contributed by atoms with Crippen molar-refractivity contribution in [2.24, 2.45) is 0 Å². The van der Waals surface area contributed by atoms with E-state index in [0.717, 1.165) is 0 Å². The van der Waals surface area contributed by atoms with E-state index in [1.807, 2.05) is 13.8 Å². The Morgan fingerprint density at radius 2 is 1.61 bits per heavy atom. The fourth-order valence-corrected chi connectivity index (χ4v) is 2.90. The summed E-state index contributed by atoms with van der Waals surface area (Å²) in [5.41, 5.74) is 1.83. The molecule has 0 saturated carbocycles. The van der Waals surface area contributed by atoms with E-state index < -0.39 is 0 Å². The Hall–Kier alpha value is -2.86. The molecule has 0 atom stereocenters. The van der Waals surface area contributed by atoms with Crippen LogP contribution in [0.2, 0.25) is 5.02 Å². The SMILES string of the molecule is CCC(=O)Nc1cccc(C(=O)Nc2ccc(C(=O)N(CC)CC)c(Cl)c2)c1. The fraction of sp³-hybridized carbons (Fsp3) is 0.286. The molecule has 0 aliphatic rings. The molecule has 0 spiro atoms. The molecule has 2 rings (SSSR count). The molecular weight excluding hydrogens is 378 g/mol. The number of nitrogens with one attached hydrogen (secondary N) is 2. The van der Waals surface area contributed by atoms with E-state index in [0.29, 0.717) is 42.0 Å². The Balaban J connectivity index is 2.14. The average molecular weight is 402 g/mol. The first-order valence-corrected chi connectivity index (χ1v) is 9.57. The maximum Gasteiger partial charge on any atom is 0.255 e. The molecule has 6 nitrogen and oxygen atoms in total. The molecule has 0 radical (unpaired) electrons. The summed E-state index contributed by atoms with van der Waals surface area (Å²) in [6.45, 7) is 6.75. The minimum atomic E-state index is -0.341. The van der Waals surface area contributed by atoms with Gasteiger partial charge in [-0.2, -0.15) is 0 Å². The van der Waals surface area contributed by atoms with Gasteiger partial charge in [0.2, 0.25) is 5.91 Å². The smallest absolute Gasteiger partial charge is 0.255 e. The summed E-state index contributed by atoms with van der Waals surface area (Å²) in [5, 5.41) is 5.75. The Kier molecular flexibility index (Phi) is 7.58. The molecule has 0 bridgehead atoms. The maximum absolute atomic E-state index is 12.5. The number of rotatable bonds is 7. The Morgan fingerprint density at radius 1 is 0.929 bits per heavy atom. The topological polar surface area (TPSA) is 78.5 Å². The van der Waals surface area contributed by atoms with E-state index in [2.05, 4.69) is 10.6 Å². The molecule has 28 heavy (non-hydrogen) atoms. The van der Waals surface area contributed by atoms with Gasteiger partial charge in [0.05, 0.1) is 10.6 Å². The van der Waals surface area contributed by atoms with Crippen molar-refractivity contribution in [2.45, 2.75) is 27.2 Å². The molecule has 0 heterocycles. The van der Waals surface area contributed by atoms with Crippen molar-refractivity contribution in [1.82, 2.24) is 4.90 Å². The van der Waals surface area contributed by atoms with Crippen LogP contribution in [0.3, 0.4) is 0 Å². The summed E-state index contributed by atoms with van der Waals surface area (Å²) in [6.07, 6.45) is 0.355. The third kappa shape index (κ3) is 5.33. The number of carbonyl (C=O) groups is 3. The fourth-order valence-electron chi connectivity index (χ4n) is 2.64. The molecule has 2 N–H and O–H groups in total. The van der Waals surface area contributed by atoms with Crippen LogP contribution in [0.4, 0.5) is 11.4 Å². The lowest BCUT2D eigenvalue weighted by atomic mass is 10.1.